The highest BCUT2D eigenvalue weighted by Crippen LogP contribution is 2.36. The SMILES string of the molecule is COc1c(C(=O)CCCC(=O)O)cc([N+](=O)[O-])cc1[N+](=O)[O-]. The molecule has 0 aliphatic carbocycles. The first-order valence-electron chi connectivity index (χ1n) is 6.03. The van der Waals surface area contributed by atoms with E-state index in [0.717, 1.165) is 13.2 Å². The molecule has 0 atom stereocenters. The van der Waals surface area contributed by atoms with Gasteiger partial charge in [-0.3, -0.25) is 29.8 Å². The lowest BCUT2D eigenvalue weighted by Crippen LogP contribution is -2.07. The van der Waals surface area contributed by atoms with Gasteiger partial charge in [0, 0.05) is 18.9 Å². The van der Waals surface area contributed by atoms with Gasteiger partial charge < -0.3 is 9.84 Å². The number of non-ortho nitro benzene ring substituents is 1. The van der Waals surface area contributed by atoms with Gasteiger partial charge in [0.25, 0.3) is 5.69 Å². The number of nitrogens with zero attached hydrogens (tertiary/aromatic N) is 2. The number of nitro groups is 2. The molecule has 0 fully saturated rings. The number of ketones is 1. The summed E-state index contributed by atoms with van der Waals surface area (Å²) >= 11 is 0. The van der Waals surface area contributed by atoms with Crippen molar-refractivity contribution in [2.45, 2.75) is 19.3 Å². The van der Waals surface area contributed by atoms with E-state index in [9.17, 15) is 29.8 Å². The fourth-order valence-electron chi connectivity index (χ4n) is 1.80. The molecule has 0 spiro atoms. The van der Waals surface area contributed by atoms with Crippen molar-refractivity contribution in [2.24, 2.45) is 0 Å². The maximum atomic E-state index is 12.0. The molecule has 0 aliphatic heterocycles. The first-order chi connectivity index (χ1) is 10.3. The van der Waals surface area contributed by atoms with Gasteiger partial charge in [-0.1, -0.05) is 0 Å². The van der Waals surface area contributed by atoms with Gasteiger partial charge >= 0.3 is 11.7 Å². The molecule has 10 heteroatoms. The predicted molar refractivity (Wildman–Crippen MR) is 72.1 cm³/mol. The Bertz CT molecular complexity index is 640. The number of rotatable bonds is 8. The zero-order valence-electron chi connectivity index (χ0n) is 11.5. The molecule has 10 nitrogen and oxygen atoms in total. The van der Waals surface area contributed by atoms with Gasteiger partial charge in [-0.05, 0) is 6.42 Å². The molecule has 1 N–H and O–H groups in total. The van der Waals surface area contributed by atoms with E-state index < -0.39 is 33.0 Å². The van der Waals surface area contributed by atoms with Crippen molar-refractivity contribution in [2.75, 3.05) is 7.11 Å². The third-order valence-corrected chi connectivity index (χ3v) is 2.76. The highest BCUT2D eigenvalue weighted by atomic mass is 16.6. The summed E-state index contributed by atoms with van der Waals surface area (Å²) in [6.45, 7) is 0. The summed E-state index contributed by atoms with van der Waals surface area (Å²) in [4.78, 5) is 42.5. The Balaban J connectivity index is 3.25. The van der Waals surface area contributed by atoms with Crippen molar-refractivity contribution in [3.05, 3.63) is 37.9 Å². The van der Waals surface area contributed by atoms with E-state index in [2.05, 4.69) is 0 Å². The Morgan fingerprint density at radius 3 is 2.27 bits per heavy atom. The minimum Gasteiger partial charge on any atom is -0.490 e. The van der Waals surface area contributed by atoms with E-state index in [1.165, 1.54) is 0 Å². The summed E-state index contributed by atoms with van der Waals surface area (Å²) in [5, 5.41) is 30.3. The number of hydrogen-bond donors (Lipinski definition) is 1. The smallest absolute Gasteiger partial charge is 0.318 e. The molecule has 1 rings (SSSR count). The first kappa shape index (κ1) is 17.0. The van der Waals surface area contributed by atoms with Gasteiger partial charge in [-0.25, -0.2) is 0 Å². The van der Waals surface area contributed by atoms with Crippen LogP contribution in [-0.4, -0.2) is 33.8 Å². The maximum Gasteiger partial charge on any atom is 0.318 e. The van der Waals surface area contributed by atoms with Crippen LogP contribution in [0.5, 0.6) is 5.75 Å². The van der Waals surface area contributed by atoms with Crippen LogP contribution < -0.4 is 4.74 Å². The van der Waals surface area contributed by atoms with E-state index in [1.54, 1.807) is 0 Å². The van der Waals surface area contributed by atoms with Crippen LogP contribution >= 0.6 is 0 Å². The largest absolute Gasteiger partial charge is 0.490 e. The molecule has 0 saturated carbocycles. The lowest BCUT2D eigenvalue weighted by Gasteiger charge is -2.08. The number of Topliss-reactive ketones (excluding diaryl/α,β-unsaturated/α-hetero) is 1. The number of aliphatic carboxylic acids is 1. The fourth-order valence-corrected chi connectivity index (χ4v) is 1.80. The second-order valence-electron chi connectivity index (χ2n) is 4.23. The quantitative estimate of drug-likeness (QED) is 0.434. The number of hydrogen-bond acceptors (Lipinski definition) is 7. The molecule has 0 saturated heterocycles. The van der Waals surface area contributed by atoms with E-state index in [0.29, 0.717) is 6.07 Å². The molecular weight excluding hydrogens is 300 g/mol. The third-order valence-electron chi connectivity index (χ3n) is 2.76. The van der Waals surface area contributed by atoms with E-state index >= 15 is 0 Å². The van der Waals surface area contributed by atoms with Crippen LogP contribution in [0, 0.1) is 20.2 Å². The molecule has 0 aromatic heterocycles. The molecule has 118 valence electrons. The second-order valence-corrected chi connectivity index (χ2v) is 4.23. The molecule has 22 heavy (non-hydrogen) atoms. The highest BCUT2D eigenvalue weighted by Gasteiger charge is 2.28. The minimum absolute atomic E-state index is 0.00775. The average molecular weight is 312 g/mol. The lowest BCUT2D eigenvalue weighted by molar-refractivity contribution is -0.394. The Kier molecular flexibility index (Phi) is 5.50. The van der Waals surface area contributed by atoms with Gasteiger partial charge in [0.1, 0.15) is 0 Å². The van der Waals surface area contributed by atoms with Crippen molar-refractivity contribution in [3.8, 4) is 5.75 Å². The average Bonchev–Trinajstić information content (AvgIpc) is 2.44. The zero-order valence-corrected chi connectivity index (χ0v) is 11.5. The van der Waals surface area contributed by atoms with E-state index in [-0.39, 0.29) is 30.6 Å². The van der Waals surface area contributed by atoms with Crippen LogP contribution in [0.2, 0.25) is 0 Å². The first-order valence-corrected chi connectivity index (χ1v) is 6.03. The highest BCUT2D eigenvalue weighted by molar-refractivity contribution is 6.00. The number of carboxylic acids is 1. The summed E-state index contributed by atoms with van der Waals surface area (Å²) in [5.74, 6) is -2.13. The van der Waals surface area contributed by atoms with Crippen LogP contribution in [-0.2, 0) is 4.79 Å². The molecule has 0 unspecified atom stereocenters. The maximum absolute atomic E-state index is 12.0. The van der Waals surface area contributed by atoms with Gasteiger partial charge in [0.15, 0.2) is 5.78 Å². The van der Waals surface area contributed by atoms with E-state index in [1.807, 2.05) is 0 Å². The molecule has 1 aromatic carbocycles. The summed E-state index contributed by atoms with van der Waals surface area (Å²) < 4.78 is 4.82. The summed E-state index contributed by atoms with van der Waals surface area (Å²) in [5.41, 5.74) is -1.62. The van der Waals surface area contributed by atoms with Crippen molar-refractivity contribution in [1.82, 2.24) is 0 Å². The van der Waals surface area contributed by atoms with Crippen LogP contribution in [0.4, 0.5) is 11.4 Å². The summed E-state index contributed by atoms with van der Waals surface area (Å²) in [7, 11) is 1.10. The Labute approximate surface area is 123 Å². The van der Waals surface area contributed by atoms with Crippen LogP contribution in [0.25, 0.3) is 0 Å². The van der Waals surface area contributed by atoms with Gasteiger partial charge in [-0.15, -0.1) is 0 Å². The predicted octanol–water partition coefficient (Wildman–Crippen LogP) is 1.95. The molecule has 0 radical (unpaired) electrons. The van der Waals surface area contributed by atoms with Crippen molar-refractivity contribution in [1.29, 1.82) is 0 Å². The van der Waals surface area contributed by atoms with Crippen LogP contribution in [0.15, 0.2) is 12.1 Å². The monoisotopic (exact) mass is 312 g/mol. The Morgan fingerprint density at radius 2 is 1.82 bits per heavy atom. The normalized spacial score (nSPS) is 10.0. The topological polar surface area (TPSA) is 150 Å². The summed E-state index contributed by atoms with van der Waals surface area (Å²) in [6, 6.07) is 1.59. The van der Waals surface area contributed by atoms with Crippen LogP contribution in [0.1, 0.15) is 29.6 Å². The van der Waals surface area contributed by atoms with Gasteiger partial charge in [-0.2, -0.15) is 0 Å². The van der Waals surface area contributed by atoms with Crippen molar-refractivity contribution < 1.29 is 29.3 Å². The second kappa shape index (κ2) is 7.11. The number of carbonyl (C=O) groups is 2. The standard InChI is InChI=1S/C12H12N2O8/c1-22-12-8(10(15)3-2-4-11(16)17)5-7(13(18)19)6-9(12)14(20)21/h5-6H,2-4H2,1H3,(H,16,17). The zero-order chi connectivity index (χ0) is 16.9. The number of carbonyl (C=O) groups excluding carboxylic acids is 1. The Morgan fingerprint density at radius 1 is 1.18 bits per heavy atom. The Hall–Kier alpha value is -3.04. The number of methoxy groups -OCH3 is 1. The third kappa shape index (κ3) is 3.98. The molecule has 0 heterocycles. The number of nitro benzene ring substituents is 2. The number of carboxylic acid groups (broad SMARTS) is 1. The van der Waals surface area contributed by atoms with Gasteiger partial charge in [0.05, 0.1) is 28.6 Å². The van der Waals surface area contributed by atoms with Crippen molar-refractivity contribution in [3.63, 3.8) is 0 Å². The van der Waals surface area contributed by atoms with E-state index in [4.69, 9.17) is 9.84 Å². The minimum atomic E-state index is -1.09. The molecule has 0 amide bonds. The fraction of sp³-hybridized carbons (Fsp3) is 0.333. The van der Waals surface area contributed by atoms with Crippen molar-refractivity contribution >= 4 is 23.1 Å². The van der Waals surface area contributed by atoms with Crippen LogP contribution in [0.3, 0.4) is 0 Å². The molecule has 0 aliphatic rings. The molecular formula is C12H12N2O8. The summed E-state index contributed by atoms with van der Waals surface area (Å²) in [6.07, 6.45) is -0.472. The number of ether oxygens (including phenoxy) is 1. The molecule has 0 bridgehead atoms. The van der Waals surface area contributed by atoms with Gasteiger partial charge in [0.2, 0.25) is 5.75 Å². The number of benzene rings is 1. The molecule has 1 aromatic rings. The lowest BCUT2D eigenvalue weighted by atomic mass is 10.0.